The first-order valence-corrected chi connectivity index (χ1v) is 8.68. The second-order valence-corrected chi connectivity index (χ2v) is 6.82. The topological polar surface area (TPSA) is 67.2 Å². The minimum absolute atomic E-state index is 0.165. The zero-order chi connectivity index (χ0) is 17.1. The fourth-order valence-corrected chi connectivity index (χ4v) is 3.38. The van der Waals surface area contributed by atoms with Gasteiger partial charge in [-0.05, 0) is 37.5 Å². The first kappa shape index (κ1) is 17.0. The van der Waals surface area contributed by atoms with E-state index in [0.29, 0.717) is 22.8 Å². The number of halogens is 1. The molecule has 1 amide bonds. The highest BCUT2D eigenvalue weighted by atomic mass is 35.5. The zero-order valence-electron chi connectivity index (χ0n) is 13.7. The number of benzene rings is 1. The van der Waals surface area contributed by atoms with E-state index >= 15 is 0 Å². The third-order valence-electron chi connectivity index (χ3n) is 4.47. The molecule has 0 spiro atoms. The summed E-state index contributed by atoms with van der Waals surface area (Å²) in [7, 11) is 0. The lowest BCUT2D eigenvalue weighted by molar-refractivity contribution is 0.0717. The van der Waals surface area contributed by atoms with E-state index in [1.54, 1.807) is 10.9 Å². The molecule has 2 aromatic rings. The Labute approximate surface area is 146 Å². The molecule has 128 valence electrons. The average molecular weight is 348 g/mol. The molecule has 3 rings (SSSR count). The van der Waals surface area contributed by atoms with E-state index in [0.717, 1.165) is 31.2 Å². The number of aliphatic hydroxyl groups excluding tert-OH is 1. The fourth-order valence-electron chi connectivity index (χ4n) is 3.17. The van der Waals surface area contributed by atoms with Gasteiger partial charge in [0, 0.05) is 11.2 Å². The van der Waals surface area contributed by atoms with Crippen molar-refractivity contribution < 1.29 is 9.90 Å². The number of carbonyl (C=O) groups is 1. The van der Waals surface area contributed by atoms with Crippen molar-refractivity contribution in [1.82, 2.24) is 15.1 Å². The largest absolute Gasteiger partial charge is 0.391 e. The first-order valence-electron chi connectivity index (χ1n) is 8.30. The highest BCUT2D eigenvalue weighted by Crippen LogP contribution is 2.19. The van der Waals surface area contributed by atoms with E-state index in [2.05, 4.69) is 10.4 Å². The van der Waals surface area contributed by atoms with Crippen LogP contribution in [0.3, 0.4) is 0 Å². The van der Waals surface area contributed by atoms with Crippen molar-refractivity contribution in [3.8, 4) is 0 Å². The van der Waals surface area contributed by atoms with Crippen LogP contribution in [0.25, 0.3) is 0 Å². The van der Waals surface area contributed by atoms with Crippen LogP contribution in [0.2, 0.25) is 5.02 Å². The number of aliphatic hydroxyl groups is 1. The molecule has 24 heavy (non-hydrogen) atoms. The number of amides is 1. The van der Waals surface area contributed by atoms with Crippen LogP contribution in [-0.2, 0) is 6.54 Å². The Morgan fingerprint density at radius 1 is 1.42 bits per heavy atom. The van der Waals surface area contributed by atoms with Gasteiger partial charge in [0.1, 0.15) is 0 Å². The zero-order valence-corrected chi connectivity index (χ0v) is 14.5. The van der Waals surface area contributed by atoms with Crippen molar-refractivity contribution in [2.24, 2.45) is 0 Å². The monoisotopic (exact) mass is 347 g/mol. The van der Waals surface area contributed by atoms with Gasteiger partial charge in [0.15, 0.2) is 0 Å². The molecule has 0 aliphatic heterocycles. The van der Waals surface area contributed by atoms with Crippen molar-refractivity contribution in [3.05, 3.63) is 52.3 Å². The smallest absolute Gasteiger partial charge is 0.255 e. The van der Waals surface area contributed by atoms with Gasteiger partial charge < -0.3 is 10.4 Å². The van der Waals surface area contributed by atoms with Crippen molar-refractivity contribution in [3.63, 3.8) is 0 Å². The summed E-state index contributed by atoms with van der Waals surface area (Å²) in [4.78, 5) is 12.5. The van der Waals surface area contributed by atoms with Gasteiger partial charge in [-0.2, -0.15) is 5.10 Å². The average Bonchev–Trinajstić information content (AvgIpc) is 2.90. The van der Waals surface area contributed by atoms with Gasteiger partial charge in [-0.1, -0.05) is 36.6 Å². The quantitative estimate of drug-likeness (QED) is 0.893. The lowest BCUT2D eigenvalue weighted by Crippen LogP contribution is -2.45. The molecule has 5 nitrogen and oxygen atoms in total. The van der Waals surface area contributed by atoms with Crippen LogP contribution in [0.4, 0.5) is 0 Å². The normalized spacial score (nSPS) is 20.8. The standard InChI is InChI=1S/C18H22ClN3O2/c1-12-15(18(24)20-16-7-2-3-8-17(16)23)11-22(21-12)10-13-5-4-6-14(19)9-13/h4-6,9,11,16-17,23H,2-3,7-8,10H2,1H3,(H,20,24). The van der Waals surface area contributed by atoms with Crippen LogP contribution in [0.5, 0.6) is 0 Å². The van der Waals surface area contributed by atoms with Crippen LogP contribution in [0.1, 0.15) is 47.3 Å². The summed E-state index contributed by atoms with van der Waals surface area (Å²) in [5.74, 6) is -0.171. The minimum atomic E-state index is -0.454. The van der Waals surface area contributed by atoms with E-state index in [1.165, 1.54) is 0 Å². The molecular weight excluding hydrogens is 326 g/mol. The number of nitrogens with one attached hydrogen (secondary N) is 1. The summed E-state index contributed by atoms with van der Waals surface area (Å²) >= 11 is 6.00. The minimum Gasteiger partial charge on any atom is -0.391 e. The van der Waals surface area contributed by atoms with Crippen molar-refractivity contribution in [1.29, 1.82) is 0 Å². The Balaban J connectivity index is 1.70. The van der Waals surface area contributed by atoms with Gasteiger partial charge in [0.2, 0.25) is 0 Å². The molecule has 2 unspecified atom stereocenters. The molecule has 0 saturated heterocycles. The molecule has 6 heteroatoms. The third-order valence-corrected chi connectivity index (χ3v) is 4.71. The molecule has 1 heterocycles. The number of nitrogens with zero attached hydrogens (tertiary/aromatic N) is 2. The van der Waals surface area contributed by atoms with E-state index < -0.39 is 6.10 Å². The van der Waals surface area contributed by atoms with Crippen molar-refractivity contribution >= 4 is 17.5 Å². The number of carbonyl (C=O) groups excluding carboxylic acids is 1. The molecule has 0 radical (unpaired) electrons. The Bertz CT molecular complexity index is 729. The third kappa shape index (κ3) is 3.97. The maximum Gasteiger partial charge on any atom is 0.255 e. The van der Waals surface area contributed by atoms with E-state index in [-0.39, 0.29) is 11.9 Å². The summed E-state index contributed by atoms with van der Waals surface area (Å²) in [6, 6.07) is 7.42. The summed E-state index contributed by atoms with van der Waals surface area (Å²) in [6.07, 6.45) is 4.92. The predicted octanol–water partition coefficient (Wildman–Crippen LogP) is 2.93. The molecule has 2 atom stereocenters. The maximum absolute atomic E-state index is 12.5. The fraction of sp³-hybridized carbons (Fsp3) is 0.444. The molecule has 1 aliphatic carbocycles. The van der Waals surface area contributed by atoms with Crippen molar-refractivity contribution in [2.45, 2.75) is 51.3 Å². The Kier molecular flexibility index (Phi) is 5.21. The lowest BCUT2D eigenvalue weighted by Gasteiger charge is -2.28. The van der Waals surface area contributed by atoms with Gasteiger partial charge in [-0.3, -0.25) is 9.48 Å². The SMILES string of the molecule is Cc1nn(Cc2cccc(Cl)c2)cc1C(=O)NC1CCCCC1O. The summed E-state index contributed by atoms with van der Waals surface area (Å²) in [5.41, 5.74) is 2.26. The van der Waals surface area contributed by atoms with E-state index in [1.807, 2.05) is 31.2 Å². The predicted molar refractivity (Wildman–Crippen MR) is 93.2 cm³/mol. The van der Waals surface area contributed by atoms with E-state index in [4.69, 9.17) is 11.6 Å². The highest BCUT2D eigenvalue weighted by molar-refractivity contribution is 6.30. The summed E-state index contributed by atoms with van der Waals surface area (Å²) in [5, 5.41) is 18.1. The number of hydrogen-bond donors (Lipinski definition) is 2. The second-order valence-electron chi connectivity index (χ2n) is 6.39. The van der Waals surface area contributed by atoms with Gasteiger partial charge in [0.05, 0.1) is 29.9 Å². The van der Waals surface area contributed by atoms with E-state index in [9.17, 15) is 9.90 Å². The number of aryl methyl sites for hydroxylation is 1. The van der Waals surface area contributed by atoms with Crippen molar-refractivity contribution in [2.75, 3.05) is 0 Å². The lowest BCUT2D eigenvalue weighted by atomic mass is 9.92. The number of aromatic nitrogens is 2. The number of rotatable bonds is 4. The van der Waals surface area contributed by atoms with Crippen LogP contribution < -0.4 is 5.32 Å². The van der Waals surface area contributed by atoms with Crippen LogP contribution in [-0.4, -0.2) is 32.9 Å². The molecule has 1 aromatic carbocycles. The molecule has 1 aromatic heterocycles. The molecule has 1 saturated carbocycles. The van der Waals surface area contributed by atoms with Gasteiger partial charge >= 0.3 is 0 Å². The summed E-state index contributed by atoms with van der Waals surface area (Å²) in [6.45, 7) is 2.38. The maximum atomic E-state index is 12.5. The second kappa shape index (κ2) is 7.36. The highest BCUT2D eigenvalue weighted by Gasteiger charge is 2.26. The van der Waals surface area contributed by atoms with Gasteiger partial charge in [0.25, 0.3) is 5.91 Å². The first-order chi connectivity index (χ1) is 11.5. The molecule has 0 bridgehead atoms. The van der Waals surface area contributed by atoms with Crippen LogP contribution >= 0.6 is 11.6 Å². The van der Waals surface area contributed by atoms with Crippen LogP contribution in [0.15, 0.2) is 30.5 Å². The number of hydrogen-bond acceptors (Lipinski definition) is 3. The Morgan fingerprint density at radius 3 is 2.96 bits per heavy atom. The van der Waals surface area contributed by atoms with Gasteiger partial charge in [-0.25, -0.2) is 0 Å². The van der Waals surface area contributed by atoms with Gasteiger partial charge in [-0.15, -0.1) is 0 Å². The molecule has 1 fully saturated rings. The molecule has 2 N–H and O–H groups in total. The molecule has 1 aliphatic rings. The Hall–Kier alpha value is -1.85. The molecular formula is C18H22ClN3O2. The van der Waals surface area contributed by atoms with Crippen LogP contribution in [0, 0.1) is 6.92 Å². The Morgan fingerprint density at radius 2 is 2.21 bits per heavy atom. The summed E-state index contributed by atoms with van der Waals surface area (Å²) < 4.78 is 1.74.